The number of aliphatic hydroxyl groups is 1. The fraction of sp³-hybridized carbons (Fsp3) is 0.438. The highest BCUT2D eigenvalue weighted by atomic mass is 16.5. The molecule has 0 saturated heterocycles. The zero-order chi connectivity index (χ0) is 15.1. The molecule has 2 rings (SSSR count). The molecule has 5 nitrogen and oxygen atoms in total. The van der Waals surface area contributed by atoms with Crippen LogP contribution in [0.4, 0.5) is 10.5 Å². The average molecular weight is 288 g/mol. The lowest BCUT2D eigenvalue weighted by molar-refractivity contribution is 0.240. The normalized spacial score (nSPS) is 13.6. The Balaban J connectivity index is 2.06. The summed E-state index contributed by atoms with van der Waals surface area (Å²) >= 11 is 0. The summed E-state index contributed by atoms with van der Waals surface area (Å²) in [6.07, 6.45) is 3.68. The maximum Gasteiger partial charge on any atom is 0.319 e. The molecular weight excluding hydrogens is 268 g/mol. The molecule has 0 heterocycles. The predicted molar refractivity (Wildman–Crippen MR) is 81.4 cm³/mol. The number of carbonyl (C=O) groups is 1. The SMILES string of the molecule is COc1ccc(C#CCCO)cc1NC(=O)NC1CCC1. The minimum atomic E-state index is -0.224. The lowest BCUT2D eigenvalue weighted by atomic mass is 9.93. The molecule has 1 aromatic rings. The van der Waals surface area contributed by atoms with E-state index < -0.39 is 0 Å². The summed E-state index contributed by atoms with van der Waals surface area (Å²) in [5.74, 6) is 6.38. The highest BCUT2D eigenvalue weighted by Gasteiger charge is 2.19. The van der Waals surface area contributed by atoms with E-state index in [4.69, 9.17) is 9.84 Å². The summed E-state index contributed by atoms with van der Waals surface area (Å²) in [6.45, 7) is 0.0397. The van der Waals surface area contributed by atoms with E-state index >= 15 is 0 Å². The molecule has 5 heteroatoms. The van der Waals surface area contributed by atoms with E-state index in [9.17, 15) is 4.79 Å². The minimum absolute atomic E-state index is 0.0397. The van der Waals surface area contributed by atoms with Gasteiger partial charge in [0.25, 0.3) is 0 Å². The second-order valence-electron chi connectivity index (χ2n) is 4.92. The third-order valence-electron chi connectivity index (χ3n) is 3.36. The number of nitrogens with one attached hydrogen (secondary N) is 2. The van der Waals surface area contributed by atoms with Gasteiger partial charge in [0.2, 0.25) is 0 Å². The fourth-order valence-corrected chi connectivity index (χ4v) is 2.00. The maximum atomic E-state index is 11.9. The molecule has 0 aliphatic heterocycles. The number of aliphatic hydroxyl groups excluding tert-OH is 1. The van der Waals surface area contributed by atoms with Gasteiger partial charge in [-0.15, -0.1) is 0 Å². The number of anilines is 1. The van der Waals surface area contributed by atoms with Crippen LogP contribution in [0.5, 0.6) is 5.75 Å². The van der Waals surface area contributed by atoms with Crippen molar-refractivity contribution in [3.63, 3.8) is 0 Å². The second-order valence-corrected chi connectivity index (χ2v) is 4.92. The van der Waals surface area contributed by atoms with Crippen LogP contribution in [0, 0.1) is 11.8 Å². The number of amides is 2. The van der Waals surface area contributed by atoms with E-state index in [0.717, 1.165) is 18.4 Å². The number of hydrogen-bond acceptors (Lipinski definition) is 3. The van der Waals surface area contributed by atoms with E-state index in [1.54, 1.807) is 19.2 Å². The zero-order valence-corrected chi connectivity index (χ0v) is 12.1. The number of ether oxygens (including phenoxy) is 1. The van der Waals surface area contributed by atoms with E-state index in [0.29, 0.717) is 17.9 Å². The van der Waals surface area contributed by atoms with Crippen LogP contribution in [-0.2, 0) is 0 Å². The molecule has 1 aliphatic carbocycles. The Morgan fingerprint density at radius 3 is 2.90 bits per heavy atom. The third kappa shape index (κ3) is 4.40. The Hall–Kier alpha value is -2.19. The number of urea groups is 1. The van der Waals surface area contributed by atoms with Crippen molar-refractivity contribution in [1.29, 1.82) is 0 Å². The van der Waals surface area contributed by atoms with Crippen LogP contribution in [0.3, 0.4) is 0 Å². The van der Waals surface area contributed by atoms with Crippen molar-refractivity contribution >= 4 is 11.7 Å². The van der Waals surface area contributed by atoms with Crippen LogP contribution < -0.4 is 15.4 Å². The van der Waals surface area contributed by atoms with Gasteiger partial charge in [0, 0.05) is 18.0 Å². The van der Waals surface area contributed by atoms with Crippen molar-refractivity contribution in [2.24, 2.45) is 0 Å². The lowest BCUT2D eigenvalue weighted by Gasteiger charge is -2.26. The molecule has 3 N–H and O–H groups in total. The van der Waals surface area contributed by atoms with Crippen molar-refractivity contribution in [2.75, 3.05) is 19.0 Å². The van der Waals surface area contributed by atoms with Crippen LogP contribution in [0.1, 0.15) is 31.2 Å². The third-order valence-corrected chi connectivity index (χ3v) is 3.36. The summed E-state index contributed by atoms with van der Waals surface area (Å²) in [5.41, 5.74) is 1.35. The van der Waals surface area contributed by atoms with Crippen molar-refractivity contribution in [2.45, 2.75) is 31.7 Å². The average Bonchev–Trinajstić information content (AvgIpc) is 2.44. The highest BCUT2D eigenvalue weighted by Crippen LogP contribution is 2.25. The van der Waals surface area contributed by atoms with Gasteiger partial charge in [0.05, 0.1) is 19.4 Å². The predicted octanol–water partition coefficient (Wildman–Crippen LogP) is 2.10. The van der Waals surface area contributed by atoms with E-state index in [-0.39, 0.29) is 18.7 Å². The molecule has 0 radical (unpaired) electrons. The Kier molecular flexibility index (Phi) is 5.47. The first-order valence-corrected chi connectivity index (χ1v) is 7.08. The van der Waals surface area contributed by atoms with Gasteiger partial charge in [-0.05, 0) is 37.5 Å². The molecule has 1 aromatic carbocycles. The molecule has 0 spiro atoms. The molecule has 2 amide bonds. The van der Waals surface area contributed by atoms with Gasteiger partial charge in [-0.3, -0.25) is 0 Å². The van der Waals surface area contributed by atoms with Gasteiger partial charge in [-0.25, -0.2) is 4.79 Å². The van der Waals surface area contributed by atoms with Crippen LogP contribution in [0.2, 0.25) is 0 Å². The first-order valence-electron chi connectivity index (χ1n) is 7.08. The number of benzene rings is 1. The summed E-state index contributed by atoms with van der Waals surface area (Å²) in [4.78, 5) is 11.9. The Morgan fingerprint density at radius 1 is 1.48 bits per heavy atom. The summed E-state index contributed by atoms with van der Waals surface area (Å²) < 4.78 is 5.24. The number of rotatable bonds is 4. The molecule has 0 bridgehead atoms. The van der Waals surface area contributed by atoms with E-state index in [2.05, 4.69) is 22.5 Å². The second kappa shape index (κ2) is 7.55. The summed E-state index contributed by atoms with van der Waals surface area (Å²) in [6, 6.07) is 5.41. The van der Waals surface area contributed by atoms with Gasteiger partial charge < -0.3 is 20.5 Å². The molecular formula is C16H20N2O3. The quantitative estimate of drug-likeness (QED) is 0.743. The Bertz CT molecular complexity index is 556. The molecule has 0 unspecified atom stereocenters. The van der Waals surface area contributed by atoms with Crippen LogP contribution in [0.15, 0.2) is 18.2 Å². The van der Waals surface area contributed by atoms with Crippen molar-refractivity contribution < 1.29 is 14.6 Å². The van der Waals surface area contributed by atoms with Crippen LogP contribution in [0.25, 0.3) is 0 Å². The minimum Gasteiger partial charge on any atom is -0.495 e. The first-order chi connectivity index (χ1) is 10.2. The van der Waals surface area contributed by atoms with Crippen molar-refractivity contribution in [3.05, 3.63) is 23.8 Å². The van der Waals surface area contributed by atoms with E-state index in [1.165, 1.54) is 6.42 Å². The monoisotopic (exact) mass is 288 g/mol. The van der Waals surface area contributed by atoms with Gasteiger partial charge in [0.15, 0.2) is 0 Å². The topological polar surface area (TPSA) is 70.6 Å². The molecule has 0 aromatic heterocycles. The standard InChI is InChI=1S/C16H20N2O3/c1-21-15-9-8-12(5-2-3-10-19)11-14(15)18-16(20)17-13-6-4-7-13/h8-9,11,13,19H,3-4,6-7,10H2,1H3,(H2,17,18,20). The zero-order valence-electron chi connectivity index (χ0n) is 12.1. The van der Waals surface area contributed by atoms with E-state index in [1.807, 2.05) is 6.07 Å². The summed E-state index contributed by atoms with van der Waals surface area (Å²) in [5, 5.41) is 14.4. The number of hydrogen-bond donors (Lipinski definition) is 3. The van der Waals surface area contributed by atoms with Crippen molar-refractivity contribution in [1.82, 2.24) is 5.32 Å². The molecule has 21 heavy (non-hydrogen) atoms. The molecule has 0 atom stereocenters. The van der Waals surface area contributed by atoms with Gasteiger partial charge >= 0.3 is 6.03 Å². The molecule has 1 saturated carbocycles. The van der Waals surface area contributed by atoms with Gasteiger partial charge in [0.1, 0.15) is 5.75 Å². The molecule has 112 valence electrons. The fourth-order valence-electron chi connectivity index (χ4n) is 2.00. The van der Waals surface area contributed by atoms with Crippen LogP contribution in [-0.4, -0.2) is 30.9 Å². The highest BCUT2D eigenvalue weighted by molar-refractivity contribution is 5.91. The van der Waals surface area contributed by atoms with Crippen molar-refractivity contribution in [3.8, 4) is 17.6 Å². The summed E-state index contributed by atoms with van der Waals surface area (Å²) in [7, 11) is 1.56. The van der Waals surface area contributed by atoms with Crippen LogP contribution >= 0.6 is 0 Å². The largest absolute Gasteiger partial charge is 0.495 e. The Labute approximate surface area is 124 Å². The molecule has 1 aliphatic rings. The van der Waals surface area contributed by atoms with Gasteiger partial charge in [-0.2, -0.15) is 0 Å². The maximum absolute atomic E-state index is 11.9. The first kappa shape index (κ1) is 15.2. The number of carbonyl (C=O) groups excluding carboxylic acids is 1. The smallest absolute Gasteiger partial charge is 0.319 e. The Morgan fingerprint density at radius 2 is 2.29 bits per heavy atom. The molecule has 1 fully saturated rings. The lowest BCUT2D eigenvalue weighted by Crippen LogP contribution is -2.41. The van der Waals surface area contributed by atoms with Gasteiger partial charge in [-0.1, -0.05) is 11.8 Å². The number of methoxy groups -OCH3 is 1.